The number of hydrogen-bond acceptors (Lipinski definition) is 4. The summed E-state index contributed by atoms with van der Waals surface area (Å²) in [6, 6.07) is 3.55. The van der Waals surface area contributed by atoms with Crippen molar-refractivity contribution in [3.05, 3.63) is 47.8 Å². The number of aromatic amines is 1. The molecule has 3 N–H and O–H groups in total. The number of H-pyrrole nitrogens is 1. The lowest BCUT2D eigenvalue weighted by atomic mass is 10.0. The summed E-state index contributed by atoms with van der Waals surface area (Å²) in [6.07, 6.45) is 5.75. The van der Waals surface area contributed by atoms with E-state index in [-0.39, 0.29) is 18.0 Å². The minimum Gasteiger partial charge on any atom is -0.348 e. The molecule has 0 aromatic carbocycles. The molecule has 0 bridgehead atoms. The van der Waals surface area contributed by atoms with Crippen LogP contribution in [0, 0.1) is 0 Å². The quantitative estimate of drug-likeness (QED) is 0.767. The van der Waals surface area contributed by atoms with Crippen molar-refractivity contribution in [3.63, 3.8) is 0 Å². The third-order valence-corrected chi connectivity index (χ3v) is 3.61. The lowest BCUT2D eigenvalue weighted by Crippen LogP contribution is -2.48. The zero-order valence-corrected chi connectivity index (χ0v) is 11.3. The average Bonchev–Trinajstić information content (AvgIpc) is 2.95. The molecule has 2 aromatic heterocycles. The second kappa shape index (κ2) is 5.42. The normalized spacial score (nSPS) is 19.1. The third-order valence-electron chi connectivity index (χ3n) is 3.61. The molecule has 2 atom stereocenters. The number of pyridine rings is 1. The van der Waals surface area contributed by atoms with Gasteiger partial charge in [-0.2, -0.15) is 0 Å². The van der Waals surface area contributed by atoms with Crippen LogP contribution in [-0.2, 0) is 17.8 Å². The number of aromatic nitrogens is 3. The third kappa shape index (κ3) is 2.55. The van der Waals surface area contributed by atoms with Crippen LogP contribution in [-0.4, -0.2) is 26.9 Å². The Hall–Kier alpha value is -2.21. The number of nitrogens with one attached hydrogen (secondary N) is 3. The maximum atomic E-state index is 12.3. The summed E-state index contributed by atoms with van der Waals surface area (Å²) in [5.74, 6) is 0.00274. The van der Waals surface area contributed by atoms with Crippen LogP contribution in [0.1, 0.15) is 29.9 Å². The number of rotatable bonds is 3. The van der Waals surface area contributed by atoms with E-state index in [1.54, 1.807) is 18.7 Å². The minimum absolute atomic E-state index is 0.00274. The Bertz CT molecular complexity index is 595. The molecule has 1 amide bonds. The summed E-state index contributed by atoms with van der Waals surface area (Å²) in [7, 11) is 0. The lowest BCUT2D eigenvalue weighted by molar-refractivity contribution is -0.124. The fourth-order valence-corrected chi connectivity index (χ4v) is 2.40. The van der Waals surface area contributed by atoms with Crippen molar-refractivity contribution in [2.45, 2.75) is 32.0 Å². The highest BCUT2D eigenvalue weighted by atomic mass is 16.2. The van der Waals surface area contributed by atoms with Crippen molar-refractivity contribution in [1.29, 1.82) is 0 Å². The molecular formula is C14H17N5O. The smallest absolute Gasteiger partial charge is 0.238 e. The topological polar surface area (TPSA) is 82.7 Å². The predicted octanol–water partition coefficient (Wildman–Crippen LogP) is 0.696. The molecule has 3 heterocycles. The van der Waals surface area contributed by atoms with Gasteiger partial charge in [-0.25, -0.2) is 4.98 Å². The number of carbonyl (C=O) groups excluding carboxylic acids is 1. The Labute approximate surface area is 117 Å². The molecule has 0 radical (unpaired) electrons. The summed E-state index contributed by atoms with van der Waals surface area (Å²) in [6.45, 7) is 2.62. The number of carbonyl (C=O) groups is 1. The van der Waals surface area contributed by atoms with Crippen LogP contribution in [0.2, 0.25) is 0 Å². The van der Waals surface area contributed by atoms with Crippen LogP contribution >= 0.6 is 0 Å². The number of nitrogens with zero attached hydrogens (tertiary/aromatic N) is 2. The van der Waals surface area contributed by atoms with E-state index in [4.69, 9.17) is 0 Å². The second-order valence-corrected chi connectivity index (χ2v) is 4.98. The zero-order chi connectivity index (χ0) is 13.9. The highest BCUT2D eigenvalue weighted by molar-refractivity contribution is 5.82. The highest BCUT2D eigenvalue weighted by Crippen LogP contribution is 2.14. The van der Waals surface area contributed by atoms with Gasteiger partial charge in [0.25, 0.3) is 0 Å². The Morgan fingerprint density at radius 2 is 2.25 bits per heavy atom. The first kappa shape index (κ1) is 12.8. The molecule has 0 spiro atoms. The van der Waals surface area contributed by atoms with Gasteiger partial charge < -0.3 is 10.3 Å². The molecule has 1 unspecified atom stereocenters. The van der Waals surface area contributed by atoms with E-state index in [0.717, 1.165) is 17.0 Å². The van der Waals surface area contributed by atoms with Crippen LogP contribution in [0.5, 0.6) is 0 Å². The molecule has 3 rings (SSSR count). The van der Waals surface area contributed by atoms with E-state index in [1.807, 2.05) is 19.1 Å². The van der Waals surface area contributed by atoms with Crippen molar-refractivity contribution in [1.82, 2.24) is 25.6 Å². The predicted molar refractivity (Wildman–Crippen MR) is 73.7 cm³/mol. The van der Waals surface area contributed by atoms with Gasteiger partial charge in [0.05, 0.1) is 29.8 Å². The average molecular weight is 271 g/mol. The Morgan fingerprint density at radius 1 is 1.45 bits per heavy atom. The van der Waals surface area contributed by atoms with Crippen LogP contribution in [0.3, 0.4) is 0 Å². The molecule has 0 fully saturated rings. The van der Waals surface area contributed by atoms with E-state index in [9.17, 15) is 4.79 Å². The van der Waals surface area contributed by atoms with Gasteiger partial charge in [-0.05, 0) is 24.6 Å². The molecule has 1 aliphatic heterocycles. The van der Waals surface area contributed by atoms with E-state index in [2.05, 4.69) is 25.6 Å². The van der Waals surface area contributed by atoms with E-state index in [0.29, 0.717) is 13.0 Å². The lowest BCUT2D eigenvalue weighted by Gasteiger charge is -2.24. The van der Waals surface area contributed by atoms with Gasteiger partial charge in [0.2, 0.25) is 5.91 Å². The van der Waals surface area contributed by atoms with Gasteiger partial charge in [0, 0.05) is 25.4 Å². The van der Waals surface area contributed by atoms with Crippen molar-refractivity contribution >= 4 is 5.91 Å². The summed E-state index contributed by atoms with van der Waals surface area (Å²) < 4.78 is 0. The molecule has 20 heavy (non-hydrogen) atoms. The van der Waals surface area contributed by atoms with Crippen LogP contribution in [0.15, 0.2) is 30.9 Å². The van der Waals surface area contributed by atoms with E-state index in [1.165, 1.54) is 0 Å². The maximum absolute atomic E-state index is 12.3. The number of imidazole rings is 1. The summed E-state index contributed by atoms with van der Waals surface area (Å²) in [4.78, 5) is 23.6. The van der Waals surface area contributed by atoms with Gasteiger partial charge in [-0.3, -0.25) is 15.1 Å². The number of fused-ring (bicyclic) bond motifs is 1. The molecule has 0 aliphatic carbocycles. The second-order valence-electron chi connectivity index (χ2n) is 4.98. The highest BCUT2D eigenvalue weighted by Gasteiger charge is 2.26. The monoisotopic (exact) mass is 271 g/mol. The number of amides is 1. The number of hydrogen-bond donors (Lipinski definition) is 3. The van der Waals surface area contributed by atoms with Crippen LogP contribution in [0.4, 0.5) is 0 Å². The standard InChI is InChI=1S/C14H17N5O/c1-9(10-2-4-15-5-3-10)19-14(20)12-6-11-13(7-16-12)18-8-17-11/h2-5,8-9,12,16H,6-7H2,1H3,(H,17,18)(H,19,20)/t9-,12?/m1/s1. The Morgan fingerprint density at radius 3 is 3.05 bits per heavy atom. The summed E-state index contributed by atoms with van der Waals surface area (Å²) in [5, 5.41) is 6.24. The SMILES string of the molecule is C[C@@H](NC(=O)C1Cc2nc[nH]c2CN1)c1ccncc1. The van der Waals surface area contributed by atoms with E-state index < -0.39 is 0 Å². The minimum atomic E-state index is -0.227. The van der Waals surface area contributed by atoms with Crippen LogP contribution in [0.25, 0.3) is 0 Å². The molecule has 104 valence electrons. The van der Waals surface area contributed by atoms with Crippen molar-refractivity contribution in [3.8, 4) is 0 Å². The Kier molecular flexibility index (Phi) is 3.47. The largest absolute Gasteiger partial charge is 0.348 e. The first-order chi connectivity index (χ1) is 9.74. The fourth-order valence-electron chi connectivity index (χ4n) is 2.40. The molecular weight excluding hydrogens is 254 g/mol. The molecule has 2 aromatic rings. The molecule has 0 saturated heterocycles. The zero-order valence-electron chi connectivity index (χ0n) is 11.3. The Balaban J connectivity index is 1.63. The van der Waals surface area contributed by atoms with Crippen LogP contribution < -0.4 is 10.6 Å². The maximum Gasteiger partial charge on any atom is 0.238 e. The summed E-state index contributed by atoms with van der Waals surface area (Å²) in [5.41, 5.74) is 3.08. The van der Waals surface area contributed by atoms with Crippen molar-refractivity contribution in [2.24, 2.45) is 0 Å². The first-order valence-electron chi connectivity index (χ1n) is 6.69. The first-order valence-corrected chi connectivity index (χ1v) is 6.69. The summed E-state index contributed by atoms with van der Waals surface area (Å²) >= 11 is 0. The molecule has 1 aliphatic rings. The molecule has 6 heteroatoms. The van der Waals surface area contributed by atoms with Gasteiger partial charge in [0.1, 0.15) is 0 Å². The molecule has 6 nitrogen and oxygen atoms in total. The van der Waals surface area contributed by atoms with Gasteiger partial charge in [-0.1, -0.05) is 0 Å². The molecule has 0 saturated carbocycles. The van der Waals surface area contributed by atoms with Crippen molar-refractivity contribution < 1.29 is 4.79 Å². The van der Waals surface area contributed by atoms with E-state index >= 15 is 0 Å². The van der Waals surface area contributed by atoms with Crippen molar-refractivity contribution in [2.75, 3.05) is 0 Å². The van der Waals surface area contributed by atoms with Gasteiger partial charge in [0.15, 0.2) is 0 Å². The van der Waals surface area contributed by atoms with Gasteiger partial charge >= 0.3 is 0 Å². The fraction of sp³-hybridized carbons (Fsp3) is 0.357. The van der Waals surface area contributed by atoms with Gasteiger partial charge in [-0.15, -0.1) is 0 Å².